The van der Waals surface area contributed by atoms with E-state index in [2.05, 4.69) is 15.1 Å². The highest BCUT2D eigenvalue weighted by Gasteiger charge is 2.28. The molecule has 1 amide bonds. The van der Waals surface area contributed by atoms with Crippen LogP contribution in [0.2, 0.25) is 0 Å². The third kappa shape index (κ3) is 2.12. The zero-order chi connectivity index (χ0) is 16.0. The SMILES string of the molecule is Cc1cc(C(=O)N2CCOc3ncccc32)c2c(C)noc2n1. The quantitative estimate of drug-likeness (QED) is 0.686. The van der Waals surface area contributed by atoms with E-state index in [-0.39, 0.29) is 5.91 Å². The maximum absolute atomic E-state index is 13.1. The number of nitrogens with zero attached hydrogens (tertiary/aromatic N) is 4. The number of carbonyl (C=O) groups excluding carboxylic acids is 1. The third-order valence-corrected chi connectivity index (χ3v) is 3.82. The first kappa shape index (κ1) is 13.7. The number of rotatable bonds is 1. The molecule has 0 saturated carbocycles. The zero-order valence-electron chi connectivity index (χ0n) is 12.7. The van der Waals surface area contributed by atoms with Gasteiger partial charge in [0, 0.05) is 11.9 Å². The lowest BCUT2D eigenvalue weighted by atomic mass is 10.1. The largest absolute Gasteiger partial charge is 0.474 e. The fourth-order valence-electron chi connectivity index (χ4n) is 2.80. The molecule has 0 atom stereocenters. The minimum absolute atomic E-state index is 0.135. The second kappa shape index (κ2) is 5.05. The van der Waals surface area contributed by atoms with Crippen molar-refractivity contribution >= 4 is 22.7 Å². The first-order valence-corrected chi connectivity index (χ1v) is 7.28. The molecule has 0 unspecified atom stereocenters. The molecule has 116 valence electrons. The summed E-state index contributed by atoms with van der Waals surface area (Å²) in [7, 11) is 0. The van der Waals surface area contributed by atoms with Crippen LogP contribution in [-0.2, 0) is 0 Å². The first-order valence-electron chi connectivity index (χ1n) is 7.28. The Morgan fingerprint density at radius 1 is 1.35 bits per heavy atom. The Morgan fingerprint density at radius 2 is 2.22 bits per heavy atom. The molecule has 4 heterocycles. The summed E-state index contributed by atoms with van der Waals surface area (Å²) in [4.78, 5) is 23.3. The first-order chi connectivity index (χ1) is 11.1. The summed E-state index contributed by atoms with van der Waals surface area (Å²) >= 11 is 0. The van der Waals surface area contributed by atoms with E-state index in [0.717, 1.165) is 0 Å². The molecule has 0 bridgehead atoms. The summed E-state index contributed by atoms with van der Waals surface area (Å²) in [5, 5.41) is 4.57. The standard InChI is InChI=1S/C16H14N4O3/c1-9-8-11(13-10(2)19-23-15(13)18-9)16(21)20-6-7-22-14-12(20)4-3-5-17-14/h3-5,8H,6-7H2,1-2H3. The lowest BCUT2D eigenvalue weighted by Crippen LogP contribution is -2.38. The van der Waals surface area contributed by atoms with Crippen molar-refractivity contribution in [2.45, 2.75) is 13.8 Å². The fraction of sp³-hybridized carbons (Fsp3) is 0.250. The van der Waals surface area contributed by atoms with Crippen molar-refractivity contribution in [1.82, 2.24) is 15.1 Å². The number of pyridine rings is 2. The van der Waals surface area contributed by atoms with Crippen LogP contribution in [0, 0.1) is 13.8 Å². The number of amides is 1. The van der Waals surface area contributed by atoms with Gasteiger partial charge in [0.1, 0.15) is 12.3 Å². The van der Waals surface area contributed by atoms with E-state index in [0.29, 0.717) is 52.8 Å². The van der Waals surface area contributed by atoms with Crippen molar-refractivity contribution in [2.75, 3.05) is 18.1 Å². The van der Waals surface area contributed by atoms with Gasteiger partial charge in [-0.25, -0.2) is 9.97 Å². The van der Waals surface area contributed by atoms with E-state index in [4.69, 9.17) is 9.26 Å². The van der Waals surface area contributed by atoms with Crippen LogP contribution < -0.4 is 9.64 Å². The molecule has 0 N–H and O–H groups in total. The van der Waals surface area contributed by atoms with Gasteiger partial charge in [-0.3, -0.25) is 4.79 Å². The summed E-state index contributed by atoms with van der Waals surface area (Å²) < 4.78 is 10.7. The topological polar surface area (TPSA) is 81.4 Å². The highest BCUT2D eigenvalue weighted by molar-refractivity contribution is 6.14. The molecule has 0 saturated heterocycles. The lowest BCUT2D eigenvalue weighted by molar-refractivity contribution is 0.0977. The summed E-state index contributed by atoms with van der Waals surface area (Å²) in [6.07, 6.45) is 1.64. The second-order valence-corrected chi connectivity index (χ2v) is 5.39. The minimum Gasteiger partial charge on any atom is -0.474 e. The van der Waals surface area contributed by atoms with Crippen molar-refractivity contribution in [3.63, 3.8) is 0 Å². The van der Waals surface area contributed by atoms with Crippen LogP contribution in [0.15, 0.2) is 28.9 Å². The monoisotopic (exact) mass is 310 g/mol. The van der Waals surface area contributed by atoms with Gasteiger partial charge in [-0.15, -0.1) is 0 Å². The molecule has 1 aliphatic heterocycles. The van der Waals surface area contributed by atoms with E-state index >= 15 is 0 Å². The Labute approximate surface area is 131 Å². The smallest absolute Gasteiger partial charge is 0.259 e. The minimum atomic E-state index is -0.135. The Bertz CT molecular complexity index is 919. The molecule has 7 heteroatoms. The van der Waals surface area contributed by atoms with Gasteiger partial charge in [-0.1, -0.05) is 5.16 Å². The van der Waals surface area contributed by atoms with Gasteiger partial charge < -0.3 is 14.2 Å². The number of aromatic nitrogens is 3. The maximum atomic E-state index is 13.1. The van der Waals surface area contributed by atoms with Crippen molar-refractivity contribution in [2.24, 2.45) is 0 Å². The Morgan fingerprint density at radius 3 is 3.09 bits per heavy atom. The zero-order valence-corrected chi connectivity index (χ0v) is 12.7. The van der Waals surface area contributed by atoms with Crippen LogP contribution in [0.1, 0.15) is 21.7 Å². The van der Waals surface area contributed by atoms with E-state index in [9.17, 15) is 4.79 Å². The van der Waals surface area contributed by atoms with Crippen LogP contribution in [0.25, 0.3) is 11.1 Å². The molecular weight excluding hydrogens is 296 g/mol. The average molecular weight is 310 g/mol. The number of ether oxygens (including phenoxy) is 1. The molecule has 0 fully saturated rings. The molecule has 23 heavy (non-hydrogen) atoms. The average Bonchev–Trinajstić information content (AvgIpc) is 2.94. The number of aryl methyl sites for hydroxylation is 2. The number of carbonyl (C=O) groups is 1. The molecular formula is C16H14N4O3. The van der Waals surface area contributed by atoms with E-state index in [1.165, 1.54) is 0 Å². The van der Waals surface area contributed by atoms with Gasteiger partial charge in [0.05, 0.1) is 23.2 Å². The van der Waals surface area contributed by atoms with Gasteiger partial charge >= 0.3 is 0 Å². The van der Waals surface area contributed by atoms with Gasteiger partial charge in [0.2, 0.25) is 5.88 Å². The van der Waals surface area contributed by atoms with Crippen LogP contribution in [0.5, 0.6) is 5.88 Å². The molecule has 0 spiro atoms. The molecule has 7 nitrogen and oxygen atoms in total. The predicted octanol–water partition coefficient (Wildman–Crippen LogP) is 2.27. The molecule has 0 aromatic carbocycles. The van der Waals surface area contributed by atoms with Crippen molar-refractivity contribution in [1.29, 1.82) is 0 Å². The normalized spacial score (nSPS) is 13.7. The second-order valence-electron chi connectivity index (χ2n) is 5.39. The highest BCUT2D eigenvalue weighted by atomic mass is 16.5. The number of hydrogen-bond donors (Lipinski definition) is 0. The van der Waals surface area contributed by atoms with Crippen LogP contribution in [0.4, 0.5) is 5.69 Å². The molecule has 3 aromatic heterocycles. The molecule has 1 aliphatic rings. The molecule has 0 radical (unpaired) electrons. The summed E-state index contributed by atoms with van der Waals surface area (Å²) in [6, 6.07) is 5.37. The number of hydrogen-bond acceptors (Lipinski definition) is 6. The highest BCUT2D eigenvalue weighted by Crippen LogP contribution is 2.31. The van der Waals surface area contributed by atoms with E-state index in [1.54, 1.807) is 30.2 Å². The van der Waals surface area contributed by atoms with Crippen molar-refractivity contribution < 1.29 is 14.1 Å². The Hall–Kier alpha value is -2.96. The fourth-order valence-corrected chi connectivity index (χ4v) is 2.80. The van der Waals surface area contributed by atoms with Crippen molar-refractivity contribution in [3.05, 3.63) is 41.3 Å². The summed E-state index contributed by atoms with van der Waals surface area (Å²) in [5.74, 6) is 0.334. The predicted molar refractivity (Wildman–Crippen MR) is 82.7 cm³/mol. The summed E-state index contributed by atoms with van der Waals surface area (Å²) in [5.41, 5.74) is 2.93. The van der Waals surface area contributed by atoms with Gasteiger partial charge in [0.15, 0.2) is 0 Å². The maximum Gasteiger partial charge on any atom is 0.259 e. The Balaban J connectivity index is 1.86. The van der Waals surface area contributed by atoms with Crippen LogP contribution in [0.3, 0.4) is 0 Å². The van der Waals surface area contributed by atoms with E-state index < -0.39 is 0 Å². The summed E-state index contributed by atoms with van der Waals surface area (Å²) in [6.45, 7) is 4.49. The van der Waals surface area contributed by atoms with Crippen molar-refractivity contribution in [3.8, 4) is 5.88 Å². The van der Waals surface area contributed by atoms with Gasteiger partial charge in [0.25, 0.3) is 11.6 Å². The molecule has 3 aromatic rings. The molecule has 0 aliphatic carbocycles. The number of fused-ring (bicyclic) bond motifs is 2. The van der Waals surface area contributed by atoms with Crippen LogP contribution in [-0.4, -0.2) is 34.2 Å². The number of anilines is 1. The third-order valence-electron chi connectivity index (χ3n) is 3.82. The molecule has 4 rings (SSSR count). The van der Waals surface area contributed by atoms with Crippen LogP contribution >= 0.6 is 0 Å². The lowest BCUT2D eigenvalue weighted by Gasteiger charge is -2.28. The van der Waals surface area contributed by atoms with Gasteiger partial charge in [-0.2, -0.15) is 0 Å². The van der Waals surface area contributed by atoms with E-state index in [1.807, 2.05) is 13.0 Å². The van der Waals surface area contributed by atoms with Gasteiger partial charge in [-0.05, 0) is 32.0 Å². The Kier molecular flexibility index (Phi) is 3.00.